The monoisotopic (exact) mass is 566 g/mol. The van der Waals surface area contributed by atoms with Crippen molar-refractivity contribution in [1.82, 2.24) is 14.7 Å². The molecule has 1 saturated heterocycles. The van der Waals surface area contributed by atoms with Gasteiger partial charge in [-0.15, -0.1) is 0 Å². The van der Waals surface area contributed by atoms with Crippen LogP contribution in [0.15, 0.2) is 40.9 Å². The maximum Gasteiger partial charge on any atom is 0.227 e. The van der Waals surface area contributed by atoms with E-state index in [1.807, 2.05) is 31.7 Å². The Labute approximate surface area is 237 Å². The van der Waals surface area contributed by atoms with Crippen LogP contribution in [0.1, 0.15) is 81.2 Å². The lowest BCUT2D eigenvalue weighted by atomic mass is 9.83. The lowest BCUT2D eigenvalue weighted by Crippen LogP contribution is -2.40. The van der Waals surface area contributed by atoms with Gasteiger partial charge in [0.05, 0.1) is 38.4 Å². The first kappa shape index (κ1) is 26.4. The van der Waals surface area contributed by atoms with Crippen molar-refractivity contribution < 1.29 is 14.4 Å². The summed E-state index contributed by atoms with van der Waals surface area (Å²) in [6.07, 6.45) is 5.15. The highest BCUT2D eigenvalue weighted by atomic mass is 35.5. The third kappa shape index (κ3) is 4.75. The molecule has 9 heteroatoms. The average Bonchev–Trinajstić information content (AvgIpc) is 3.44. The van der Waals surface area contributed by atoms with Gasteiger partial charge in [0.2, 0.25) is 5.91 Å². The maximum atomic E-state index is 13.4. The highest BCUT2D eigenvalue weighted by molar-refractivity contribution is 6.42. The summed E-state index contributed by atoms with van der Waals surface area (Å²) in [5, 5.41) is 15.7. The van der Waals surface area contributed by atoms with Crippen molar-refractivity contribution in [1.29, 1.82) is 0 Å². The molecule has 204 valence electrons. The number of fused-ring (bicyclic) bond motifs is 1. The van der Waals surface area contributed by atoms with E-state index in [2.05, 4.69) is 27.9 Å². The Kier molecular flexibility index (Phi) is 6.72. The number of benzene rings is 2. The summed E-state index contributed by atoms with van der Waals surface area (Å²) in [7, 11) is 0. The summed E-state index contributed by atoms with van der Waals surface area (Å²) in [6.45, 7) is 5.77. The lowest BCUT2D eigenvalue weighted by Gasteiger charge is -2.38. The number of carbonyl (C=O) groups excluding carboxylic acids is 1. The quantitative estimate of drug-likeness (QED) is 0.273. The molecule has 0 spiro atoms. The first-order valence-corrected chi connectivity index (χ1v) is 14.3. The van der Waals surface area contributed by atoms with Gasteiger partial charge in [-0.05, 0) is 95.2 Å². The number of amides is 1. The zero-order valence-electron chi connectivity index (χ0n) is 22.4. The number of aliphatic hydroxyl groups is 1. The minimum absolute atomic E-state index is 0.0474. The number of halogens is 2. The molecule has 1 N–H and O–H groups in total. The predicted molar refractivity (Wildman–Crippen MR) is 153 cm³/mol. The Bertz CT molecular complexity index is 1540. The van der Waals surface area contributed by atoms with Crippen LogP contribution in [0.4, 0.5) is 5.69 Å². The molecule has 0 radical (unpaired) electrons. The molecule has 1 amide bonds. The van der Waals surface area contributed by atoms with Crippen molar-refractivity contribution in [3.63, 3.8) is 0 Å². The van der Waals surface area contributed by atoms with E-state index in [9.17, 15) is 9.90 Å². The standard InChI is InChI=1S/C30H32Cl2N4O3/c1-17-28(18(2)39-34-17)19-7-10-25-24(15-19)33-29(36(25)20-11-13-30(3,38)14-12-20)26-5-4-6-27(37)35(26)21-8-9-22(31)23(32)16-21/h7-10,15-16,20,26,38H,4-6,11-14H2,1-3H3/t20-,26-,30+/m0/s1. The van der Waals surface area contributed by atoms with Crippen molar-refractivity contribution in [3.8, 4) is 11.1 Å². The fourth-order valence-electron chi connectivity index (χ4n) is 6.34. The molecule has 2 aromatic heterocycles. The normalized spacial score (nSPS) is 24.1. The third-order valence-electron chi connectivity index (χ3n) is 8.36. The molecular weight excluding hydrogens is 535 g/mol. The number of nitrogens with zero attached hydrogens (tertiary/aromatic N) is 4. The molecule has 2 fully saturated rings. The Morgan fingerprint density at radius 1 is 1.05 bits per heavy atom. The second kappa shape index (κ2) is 9.95. The SMILES string of the molecule is Cc1noc(C)c1-c1ccc2c(c1)nc([C@@H]1CCCC(=O)N1c1ccc(Cl)c(Cl)c1)n2[C@H]1CC[C@@](C)(O)CC1. The molecule has 1 saturated carbocycles. The summed E-state index contributed by atoms with van der Waals surface area (Å²) in [4.78, 5) is 20.5. The van der Waals surface area contributed by atoms with Gasteiger partial charge in [0, 0.05) is 23.7 Å². The number of hydrogen-bond donors (Lipinski definition) is 1. The van der Waals surface area contributed by atoms with E-state index < -0.39 is 5.60 Å². The molecule has 2 aliphatic rings. The van der Waals surface area contributed by atoms with Crippen LogP contribution in [0, 0.1) is 13.8 Å². The second-order valence-electron chi connectivity index (χ2n) is 11.2. The van der Waals surface area contributed by atoms with E-state index in [-0.39, 0.29) is 18.0 Å². The molecule has 4 aromatic rings. The Balaban J connectivity index is 1.51. The van der Waals surface area contributed by atoms with Crippen LogP contribution in [0.25, 0.3) is 22.2 Å². The Morgan fingerprint density at radius 2 is 1.82 bits per heavy atom. The van der Waals surface area contributed by atoms with Gasteiger partial charge in [-0.3, -0.25) is 4.79 Å². The molecule has 1 aliphatic carbocycles. The Morgan fingerprint density at radius 3 is 2.51 bits per heavy atom. The molecule has 0 bridgehead atoms. The van der Waals surface area contributed by atoms with Crippen LogP contribution in [0.5, 0.6) is 0 Å². The zero-order valence-corrected chi connectivity index (χ0v) is 23.9. The lowest BCUT2D eigenvalue weighted by molar-refractivity contribution is -0.120. The topological polar surface area (TPSA) is 84.4 Å². The van der Waals surface area contributed by atoms with Crippen LogP contribution in [0.2, 0.25) is 10.0 Å². The van der Waals surface area contributed by atoms with E-state index in [4.69, 9.17) is 32.7 Å². The molecule has 6 rings (SSSR count). The maximum absolute atomic E-state index is 13.4. The van der Waals surface area contributed by atoms with Crippen LogP contribution >= 0.6 is 23.2 Å². The highest BCUT2D eigenvalue weighted by Crippen LogP contribution is 2.43. The van der Waals surface area contributed by atoms with Crippen LogP contribution < -0.4 is 4.90 Å². The molecule has 7 nitrogen and oxygen atoms in total. The van der Waals surface area contributed by atoms with E-state index in [0.29, 0.717) is 29.3 Å². The summed E-state index contributed by atoms with van der Waals surface area (Å²) in [6, 6.07) is 11.6. The molecule has 2 aromatic carbocycles. The first-order chi connectivity index (χ1) is 18.6. The van der Waals surface area contributed by atoms with Crippen molar-refractivity contribution in [2.75, 3.05) is 4.90 Å². The van der Waals surface area contributed by atoms with Crippen molar-refractivity contribution >= 4 is 45.8 Å². The van der Waals surface area contributed by atoms with E-state index in [0.717, 1.165) is 70.8 Å². The number of carbonyl (C=O) groups is 1. The molecule has 3 heterocycles. The third-order valence-corrected chi connectivity index (χ3v) is 9.10. The van der Waals surface area contributed by atoms with Gasteiger partial charge in [0.25, 0.3) is 0 Å². The number of aromatic nitrogens is 3. The summed E-state index contributed by atoms with van der Waals surface area (Å²) in [5.41, 5.74) is 4.78. The number of hydrogen-bond acceptors (Lipinski definition) is 5. The highest BCUT2D eigenvalue weighted by Gasteiger charge is 2.37. The van der Waals surface area contributed by atoms with E-state index in [1.165, 1.54) is 0 Å². The molecule has 1 atom stereocenters. The zero-order chi connectivity index (χ0) is 27.5. The van der Waals surface area contributed by atoms with Gasteiger partial charge in [-0.1, -0.05) is 34.4 Å². The Hall–Kier alpha value is -2.87. The smallest absolute Gasteiger partial charge is 0.227 e. The van der Waals surface area contributed by atoms with Crippen LogP contribution in [-0.4, -0.2) is 31.3 Å². The minimum Gasteiger partial charge on any atom is -0.390 e. The van der Waals surface area contributed by atoms with E-state index in [1.54, 1.807) is 12.1 Å². The van der Waals surface area contributed by atoms with Gasteiger partial charge < -0.3 is 19.1 Å². The van der Waals surface area contributed by atoms with Gasteiger partial charge in [-0.2, -0.15) is 0 Å². The first-order valence-electron chi connectivity index (χ1n) is 13.6. The van der Waals surface area contributed by atoms with Gasteiger partial charge in [0.1, 0.15) is 11.6 Å². The number of anilines is 1. The largest absolute Gasteiger partial charge is 0.390 e. The number of piperidine rings is 1. The molecule has 39 heavy (non-hydrogen) atoms. The van der Waals surface area contributed by atoms with Gasteiger partial charge >= 0.3 is 0 Å². The van der Waals surface area contributed by atoms with Crippen molar-refractivity contribution in [3.05, 3.63) is 63.7 Å². The summed E-state index contributed by atoms with van der Waals surface area (Å²) < 4.78 is 7.76. The fourth-order valence-corrected chi connectivity index (χ4v) is 6.64. The van der Waals surface area contributed by atoms with Gasteiger partial charge in [-0.25, -0.2) is 4.98 Å². The second-order valence-corrected chi connectivity index (χ2v) is 12.1. The van der Waals surface area contributed by atoms with Crippen LogP contribution in [-0.2, 0) is 4.79 Å². The molecular formula is C30H32Cl2N4O3. The number of rotatable bonds is 4. The molecule has 1 aliphatic heterocycles. The van der Waals surface area contributed by atoms with Crippen molar-refractivity contribution in [2.45, 2.75) is 83.4 Å². The number of imidazole rings is 1. The summed E-state index contributed by atoms with van der Waals surface area (Å²) in [5.74, 6) is 1.68. The molecule has 0 unspecified atom stereocenters. The average molecular weight is 568 g/mol. The summed E-state index contributed by atoms with van der Waals surface area (Å²) >= 11 is 12.6. The fraction of sp³-hybridized carbons (Fsp3) is 0.433. The number of aryl methyl sites for hydroxylation is 2. The van der Waals surface area contributed by atoms with Gasteiger partial charge in [0.15, 0.2) is 0 Å². The van der Waals surface area contributed by atoms with E-state index >= 15 is 0 Å². The predicted octanol–water partition coefficient (Wildman–Crippen LogP) is 7.74. The van der Waals surface area contributed by atoms with Crippen LogP contribution in [0.3, 0.4) is 0 Å². The van der Waals surface area contributed by atoms with Crippen molar-refractivity contribution in [2.24, 2.45) is 0 Å². The minimum atomic E-state index is -0.656.